The summed E-state index contributed by atoms with van der Waals surface area (Å²) >= 11 is 0. The van der Waals surface area contributed by atoms with E-state index in [9.17, 15) is 19.5 Å². The zero-order valence-corrected chi connectivity index (χ0v) is 22.7. The Morgan fingerprint density at radius 2 is 2.00 bits per heavy atom. The molecule has 4 fully saturated rings. The first-order valence-corrected chi connectivity index (χ1v) is 13.6. The van der Waals surface area contributed by atoms with Crippen LogP contribution in [0.4, 0.5) is 0 Å². The molecule has 0 radical (unpaired) electrons. The monoisotopic (exact) mass is 521 g/mol. The van der Waals surface area contributed by atoms with E-state index in [-0.39, 0.29) is 30.9 Å². The van der Waals surface area contributed by atoms with Crippen molar-refractivity contribution in [3.05, 3.63) is 12.7 Å². The van der Waals surface area contributed by atoms with E-state index in [1.165, 1.54) is 0 Å². The van der Waals surface area contributed by atoms with Crippen molar-refractivity contribution in [2.75, 3.05) is 59.2 Å². The molecule has 0 aliphatic carbocycles. The molecule has 4 aliphatic rings. The molecular formula is C27H43N3O7. The standard InChI is InChI=1S/C27H43N3O7/c1-6-10-29(12-11-28-13-15-35-16-14-28)24(33)22-27-9-8-26(5,37-27)21(25(34)36-7-2)20(27)23(32)30(22)19(17-31)18(3)4/h6,18-22,31H,1,7-17H2,2-5H3/t19-,20-,21+,22?,26-,27?/m0/s1. The van der Waals surface area contributed by atoms with Crippen LogP contribution in [0.2, 0.25) is 0 Å². The largest absolute Gasteiger partial charge is 0.466 e. The molecule has 6 atom stereocenters. The number of hydrogen-bond acceptors (Lipinski definition) is 8. The number of likely N-dealkylation sites (tertiary alicyclic amines) is 1. The molecular weight excluding hydrogens is 478 g/mol. The maximum absolute atomic E-state index is 14.4. The highest BCUT2D eigenvalue weighted by molar-refractivity contribution is 5.98. The van der Waals surface area contributed by atoms with Crippen molar-refractivity contribution in [3.63, 3.8) is 0 Å². The second kappa shape index (κ2) is 11.0. The lowest BCUT2D eigenvalue weighted by atomic mass is 9.66. The second-order valence-electron chi connectivity index (χ2n) is 11.2. The van der Waals surface area contributed by atoms with Crippen molar-refractivity contribution < 1.29 is 33.7 Å². The van der Waals surface area contributed by atoms with Gasteiger partial charge in [0.25, 0.3) is 0 Å². The number of aliphatic hydroxyl groups is 1. The average Bonchev–Trinajstić information content (AvgIpc) is 3.43. The fourth-order valence-electron chi connectivity index (χ4n) is 6.92. The molecule has 2 amide bonds. The number of esters is 1. The Labute approximate surface area is 219 Å². The zero-order valence-electron chi connectivity index (χ0n) is 22.7. The van der Waals surface area contributed by atoms with Gasteiger partial charge in [-0.15, -0.1) is 6.58 Å². The van der Waals surface area contributed by atoms with E-state index in [4.69, 9.17) is 14.2 Å². The number of carbonyl (C=O) groups excluding carboxylic acids is 3. The van der Waals surface area contributed by atoms with Crippen molar-refractivity contribution in [1.29, 1.82) is 0 Å². The smallest absolute Gasteiger partial charge is 0.312 e. The lowest BCUT2D eigenvalue weighted by Crippen LogP contribution is -2.60. The Morgan fingerprint density at radius 3 is 2.59 bits per heavy atom. The van der Waals surface area contributed by atoms with Crippen LogP contribution in [0.15, 0.2) is 12.7 Å². The number of hydrogen-bond donors (Lipinski definition) is 1. The molecule has 0 aromatic carbocycles. The van der Waals surface area contributed by atoms with Crippen molar-refractivity contribution in [2.45, 2.75) is 63.8 Å². The molecule has 37 heavy (non-hydrogen) atoms. The topological polar surface area (TPSA) is 109 Å². The van der Waals surface area contributed by atoms with Crippen LogP contribution >= 0.6 is 0 Å². The van der Waals surface area contributed by atoms with Gasteiger partial charge in [-0.05, 0) is 32.6 Å². The normalized spacial score (nSPS) is 34.1. The minimum absolute atomic E-state index is 0.102. The Balaban J connectivity index is 1.71. The molecule has 10 nitrogen and oxygen atoms in total. The number of rotatable bonds is 11. The Bertz CT molecular complexity index is 891. The number of nitrogens with zero attached hydrogens (tertiary/aromatic N) is 3. The summed E-state index contributed by atoms with van der Waals surface area (Å²) in [6.45, 7) is 15.6. The summed E-state index contributed by atoms with van der Waals surface area (Å²) in [6.07, 6.45) is 2.73. The van der Waals surface area contributed by atoms with Gasteiger partial charge in [-0.25, -0.2) is 0 Å². The molecule has 10 heteroatoms. The van der Waals surface area contributed by atoms with Gasteiger partial charge in [0.1, 0.15) is 17.6 Å². The quantitative estimate of drug-likeness (QED) is 0.312. The summed E-state index contributed by atoms with van der Waals surface area (Å²) < 4.78 is 17.5. The summed E-state index contributed by atoms with van der Waals surface area (Å²) in [7, 11) is 0. The summed E-state index contributed by atoms with van der Waals surface area (Å²) in [4.78, 5) is 47.2. The molecule has 4 rings (SSSR count). The molecule has 1 N–H and O–H groups in total. The highest BCUT2D eigenvalue weighted by Crippen LogP contribution is 2.63. The maximum Gasteiger partial charge on any atom is 0.312 e. The third-order valence-electron chi connectivity index (χ3n) is 8.75. The molecule has 208 valence electrons. The fraction of sp³-hybridized carbons (Fsp3) is 0.815. The van der Waals surface area contributed by atoms with E-state index < -0.39 is 41.1 Å². The van der Waals surface area contributed by atoms with E-state index in [1.807, 2.05) is 20.8 Å². The van der Waals surface area contributed by atoms with Gasteiger partial charge in [0.2, 0.25) is 11.8 Å². The van der Waals surface area contributed by atoms with Gasteiger partial charge in [-0.3, -0.25) is 19.3 Å². The van der Waals surface area contributed by atoms with Gasteiger partial charge < -0.3 is 29.1 Å². The third kappa shape index (κ3) is 4.70. The number of carbonyl (C=O) groups is 3. The predicted molar refractivity (Wildman–Crippen MR) is 135 cm³/mol. The average molecular weight is 522 g/mol. The fourth-order valence-corrected chi connectivity index (χ4v) is 6.92. The maximum atomic E-state index is 14.4. The van der Waals surface area contributed by atoms with Crippen LogP contribution < -0.4 is 0 Å². The first-order valence-electron chi connectivity index (χ1n) is 13.6. The van der Waals surface area contributed by atoms with Gasteiger partial charge in [0.05, 0.1) is 44.0 Å². The van der Waals surface area contributed by atoms with Crippen molar-refractivity contribution in [2.24, 2.45) is 17.8 Å². The molecule has 2 bridgehead atoms. The molecule has 4 aliphatic heterocycles. The van der Waals surface area contributed by atoms with Crippen LogP contribution in [0, 0.1) is 17.8 Å². The first-order chi connectivity index (χ1) is 17.6. The highest BCUT2D eigenvalue weighted by Gasteiger charge is 2.79. The lowest BCUT2D eigenvalue weighted by molar-refractivity contribution is -0.162. The van der Waals surface area contributed by atoms with E-state index in [2.05, 4.69) is 11.5 Å². The minimum atomic E-state index is -1.14. The minimum Gasteiger partial charge on any atom is -0.466 e. The number of amides is 2. The van der Waals surface area contributed by atoms with Crippen LogP contribution in [-0.4, -0.2) is 120 Å². The predicted octanol–water partition coefficient (Wildman–Crippen LogP) is 0.678. The molecule has 2 unspecified atom stereocenters. The summed E-state index contributed by atoms with van der Waals surface area (Å²) in [6, 6.07) is -1.51. The van der Waals surface area contributed by atoms with Gasteiger partial charge in [0.15, 0.2) is 0 Å². The summed E-state index contributed by atoms with van der Waals surface area (Å²) in [5.41, 5.74) is -2.01. The molecule has 4 heterocycles. The van der Waals surface area contributed by atoms with E-state index in [0.29, 0.717) is 45.7 Å². The van der Waals surface area contributed by atoms with Gasteiger partial charge in [-0.2, -0.15) is 0 Å². The summed E-state index contributed by atoms with van der Waals surface area (Å²) in [5.74, 6) is -2.71. The SMILES string of the molecule is C=CCN(CCN1CCOCC1)C(=O)C1N([C@@H](CO)C(C)C)C(=O)[C@@H]2[C@H](C(=O)OCC)[C@]3(C)CCC12O3. The van der Waals surface area contributed by atoms with Gasteiger partial charge in [0, 0.05) is 32.7 Å². The van der Waals surface area contributed by atoms with E-state index in [0.717, 1.165) is 13.1 Å². The number of aliphatic hydroxyl groups excluding tert-OH is 1. The Kier molecular flexibility index (Phi) is 8.33. The lowest BCUT2D eigenvalue weighted by Gasteiger charge is -2.41. The van der Waals surface area contributed by atoms with Crippen LogP contribution in [0.1, 0.15) is 40.5 Å². The molecule has 0 saturated carbocycles. The number of ether oxygens (including phenoxy) is 3. The first kappa shape index (κ1) is 28.0. The molecule has 1 spiro atoms. The van der Waals surface area contributed by atoms with Crippen molar-refractivity contribution in [3.8, 4) is 0 Å². The number of morpholine rings is 1. The van der Waals surface area contributed by atoms with Crippen LogP contribution in [0.25, 0.3) is 0 Å². The van der Waals surface area contributed by atoms with Crippen molar-refractivity contribution in [1.82, 2.24) is 14.7 Å². The summed E-state index contributed by atoms with van der Waals surface area (Å²) in [5, 5.41) is 10.3. The zero-order chi connectivity index (χ0) is 27.0. The van der Waals surface area contributed by atoms with E-state index >= 15 is 0 Å². The molecule has 4 saturated heterocycles. The third-order valence-corrected chi connectivity index (χ3v) is 8.75. The van der Waals surface area contributed by atoms with Crippen molar-refractivity contribution >= 4 is 17.8 Å². The van der Waals surface area contributed by atoms with Crippen LogP contribution in [0.5, 0.6) is 0 Å². The van der Waals surface area contributed by atoms with E-state index in [1.54, 1.807) is 22.8 Å². The van der Waals surface area contributed by atoms with Crippen LogP contribution in [0.3, 0.4) is 0 Å². The molecule has 0 aromatic heterocycles. The van der Waals surface area contributed by atoms with Gasteiger partial charge >= 0.3 is 5.97 Å². The van der Waals surface area contributed by atoms with Gasteiger partial charge in [-0.1, -0.05) is 19.9 Å². The number of fused-ring (bicyclic) bond motifs is 1. The Hall–Kier alpha value is -2.01. The molecule has 0 aromatic rings. The highest BCUT2D eigenvalue weighted by atomic mass is 16.6. The van der Waals surface area contributed by atoms with Crippen LogP contribution in [-0.2, 0) is 28.6 Å². The second-order valence-corrected chi connectivity index (χ2v) is 11.2. The Morgan fingerprint density at radius 1 is 1.30 bits per heavy atom.